The van der Waals surface area contributed by atoms with Crippen LogP contribution in [0.2, 0.25) is 0 Å². The number of benzene rings is 1. The summed E-state index contributed by atoms with van der Waals surface area (Å²) in [5, 5.41) is 1.76. The number of carbonyl (C=O) groups excluding carboxylic acids is 2. The van der Waals surface area contributed by atoms with Crippen molar-refractivity contribution in [2.75, 3.05) is 49.1 Å². The van der Waals surface area contributed by atoms with Crippen LogP contribution in [0.3, 0.4) is 0 Å². The van der Waals surface area contributed by atoms with Crippen molar-refractivity contribution in [1.29, 1.82) is 0 Å². The number of likely N-dealkylation sites (N-methyl/N-ethyl adjacent to an activating group) is 1. The molecule has 2 saturated heterocycles. The summed E-state index contributed by atoms with van der Waals surface area (Å²) in [7, 11) is 0. The van der Waals surface area contributed by atoms with E-state index < -0.39 is 23.8 Å². The quantitative estimate of drug-likeness (QED) is 0.736. The molecule has 0 radical (unpaired) electrons. The number of carbonyl (C=O) groups is 2. The Morgan fingerprint density at radius 2 is 1.93 bits per heavy atom. The summed E-state index contributed by atoms with van der Waals surface area (Å²) >= 11 is 0. The number of hydroxylamine groups is 2. The number of cyclic esters (lactones) is 1. The van der Waals surface area contributed by atoms with Crippen LogP contribution >= 0.6 is 0 Å². The first-order valence-electron chi connectivity index (χ1n) is 9.48. The molecule has 7 nitrogen and oxygen atoms in total. The molecule has 0 unspecified atom stereocenters. The Balaban J connectivity index is 1.75. The van der Waals surface area contributed by atoms with E-state index in [0.717, 1.165) is 12.1 Å². The Hall–Kier alpha value is -2.26. The van der Waals surface area contributed by atoms with E-state index in [1.54, 1.807) is 9.96 Å². The Morgan fingerprint density at radius 1 is 1.21 bits per heavy atom. The van der Waals surface area contributed by atoms with E-state index in [9.17, 15) is 18.4 Å². The Kier molecular flexibility index (Phi) is 6.46. The van der Waals surface area contributed by atoms with Crippen LogP contribution in [-0.2, 0) is 14.4 Å². The van der Waals surface area contributed by atoms with Gasteiger partial charge in [-0.3, -0.25) is 9.74 Å². The lowest BCUT2D eigenvalue weighted by Gasteiger charge is -2.24. The van der Waals surface area contributed by atoms with Crippen LogP contribution in [0.15, 0.2) is 12.1 Å². The molecule has 3 rings (SSSR count). The molecule has 2 fully saturated rings. The minimum Gasteiger partial charge on any atom is -0.444 e. The van der Waals surface area contributed by atoms with Crippen LogP contribution in [-0.4, -0.2) is 62.4 Å². The third-order valence-electron chi connectivity index (χ3n) is 4.93. The van der Waals surface area contributed by atoms with Gasteiger partial charge in [-0.1, -0.05) is 6.92 Å². The third kappa shape index (κ3) is 4.59. The minimum atomic E-state index is -0.736. The van der Waals surface area contributed by atoms with Gasteiger partial charge in [0, 0.05) is 44.7 Å². The summed E-state index contributed by atoms with van der Waals surface area (Å²) in [5.74, 6) is -1.47. The maximum Gasteiger partial charge on any atom is 0.414 e. The second-order valence-corrected chi connectivity index (χ2v) is 6.96. The predicted octanol–water partition coefficient (Wildman–Crippen LogP) is 2.73. The highest BCUT2D eigenvalue weighted by Gasteiger charge is 2.33. The molecule has 0 bridgehead atoms. The predicted molar refractivity (Wildman–Crippen MR) is 99.3 cm³/mol. The highest BCUT2D eigenvalue weighted by molar-refractivity contribution is 5.90. The van der Waals surface area contributed by atoms with Crippen molar-refractivity contribution in [3.05, 3.63) is 23.8 Å². The van der Waals surface area contributed by atoms with Gasteiger partial charge in [-0.25, -0.2) is 13.6 Å². The highest BCUT2D eigenvalue weighted by atomic mass is 19.1. The van der Waals surface area contributed by atoms with Crippen LogP contribution in [0.25, 0.3) is 0 Å². The van der Waals surface area contributed by atoms with Crippen LogP contribution < -0.4 is 9.80 Å². The summed E-state index contributed by atoms with van der Waals surface area (Å²) in [6.07, 6.45) is -0.450. The second kappa shape index (κ2) is 8.83. The molecule has 154 valence electrons. The third-order valence-corrected chi connectivity index (χ3v) is 4.93. The standard InChI is InChI=1S/C19H25F2N3O4/c1-3-23-7-6-22(8-9-27-23)18-16(20)10-14(11-17(18)21)24-12-15(28-19(24)26)5-4-13(2)25/h10-11,15H,3-9,12H2,1-2H3/t15-/m0/s1. The lowest BCUT2D eigenvalue weighted by Crippen LogP contribution is -2.32. The molecular formula is C19H25F2N3O4. The zero-order valence-corrected chi connectivity index (χ0v) is 16.1. The Morgan fingerprint density at radius 3 is 2.57 bits per heavy atom. The van der Waals surface area contributed by atoms with Gasteiger partial charge in [-0.2, -0.15) is 5.06 Å². The van der Waals surface area contributed by atoms with E-state index in [-0.39, 0.29) is 23.7 Å². The molecule has 9 heteroatoms. The van der Waals surface area contributed by atoms with Gasteiger partial charge in [0.25, 0.3) is 0 Å². The average molecular weight is 397 g/mol. The van der Waals surface area contributed by atoms with Gasteiger partial charge in [0.2, 0.25) is 0 Å². The van der Waals surface area contributed by atoms with E-state index in [0.29, 0.717) is 45.6 Å². The van der Waals surface area contributed by atoms with Crippen molar-refractivity contribution in [3.8, 4) is 0 Å². The van der Waals surface area contributed by atoms with E-state index in [2.05, 4.69) is 0 Å². The number of amides is 1. The van der Waals surface area contributed by atoms with Gasteiger partial charge in [-0.15, -0.1) is 0 Å². The molecule has 1 amide bonds. The first kappa shape index (κ1) is 20.5. The number of halogens is 2. The van der Waals surface area contributed by atoms with Gasteiger partial charge in [0.05, 0.1) is 18.8 Å². The van der Waals surface area contributed by atoms with Crippen molar-refractivity contribution < 1.29 is 27.9 Å². The van der Waals surface area contributed by atoms with E-state index in [1.165, 1.54) is 11.8 Å². The molecule has 0 aliphatic carbocycles. The monoisotopic (exact) mass is 397 g/mol. The van der Waals surface area contributed by atoms with Gasteiger partial charge >= 0.3 is 6.09 Å². The largest absolute Gasteiger partial charge is 0.444 e. The molecule has 0 spiro atoms. The number of nitrogens with zero attached hydrogens (tertiary/aromatic N) is 3. The van der Waals surface area contributed by atoms with E-state index >= 15 is 0 Å². The smallest absolute Gasteiger partial charge is 0.414 e. The first-order chi connectivity index (χ1) is 13.4. The van der Waals surface area contributed by atoms with Crippen LogP contribution in [0, 0.1) is 11.6 Å². The molecule has 0 N–H and O–H groups in total. The van der Waals surface area contributed by atoms with Gasteiger partial charge in [0.1, 0.15) is 17.6 Å². The van der Waals surface area contributed by atoms with E-state index in [4.69, 9.17) is 9.57 Å². The molecule has 2 aliphatic rings. The summed E-state index contributed by atoms with van der Waals surface area (Å²) < 4.78 is 34.8. The highest BCUT2D eigenvalue weighted by Crippen LogP contribution is 2.31. The number of ether oxygens (including phenoxy) is 1. The van der Waals surface area contributed by atoms with Gasteiger partial charge in [0.15, 0.2) is 11.6 Å². The minimum absolute atomic E-state index is 0.000918. The van der Waals surface area contributed by atoms with Crippen LogP contribution in [0.5, 0.6) is 0 Å². The number of hydrogen-bond donors (Lipinski definition) is 0. The van der Waals surface area contributed by atoms with Gasteiger partial charge < -0.3 is 14.4 Å². The molecule has 1 aromatic carbocycles. The fourth-order valence-electron chi connectivity index (χ4n) is 3.42. The molecule has 1 aromatic rings. The Labute approximate surface area is 162 Å². The first-order valence-corrected chi connectivity index (χ1v) is 9.48. The summed E-state index contributed by atoms with van der Waals surface area (Å²) in [4.78, 5) is 31.5. The molecule has 2 aliphatic heterocycles. The molecule has 0 saturated carbocycles. The number of rotatable bonds is 6. The molecule has 28 heavy (non-hydrogen) atoms. The fraction of sp³-hybridized carbons (Fsp3) is 0.579. The van der Waals surface area contributed by atoms with E-state index in [1.807, 2.05) is 6.92 Å². The average Bonchev–Trinajstić information content (AvgIpc) is 2.85. The fourth-order valence-corrected chi connectivity index (χ4v) is 3.42. The molecule has 2 heterocycles. The Bertz CT molecular complexity index is 723. The molecular weight excluding hydrogens is 372 g/mol. The maximum atomic E-state index is 14.8. The number of ketones is 1. The number of hydrogen-bond acceptors (Lipinski definition) is 6. The molecule has 0 aromatic heterocycles. The van der Waals surface area contributed by atoms with Gasteiger partial charge in [-0.05, 0) is 13.3 Å². The SMILES string of the molecule is CCN1CCN(c2c(F)cc(N3C[C@H](CCC(C)=O)OC3=O)cc2F)CCO1. The zero-order valence-electron chi connectivity index (χ0n) is 16.1. The summed E-state index contributed by atoms with van der Waals surface area (Å²) in [6.45, 7) is 5.93. The van der Waals surface area contributed by atoms with Crippen molar-refractivity contribution in [2.45, 2.75) is 32.8 Å². The molecule has 1 atom stereocenters. The van der Waals surface area contributed by atoms with Crippen LogP contribution in [0.1, 0.15) is 26.7 Å². The van der Waals surface area contributed by atoms with Crippen LogP contribution in [0.4, 0.5) is 25.0 Å². The van der Waals surface area contributed by atoms with Crippen molar-refractivity contribution in [3.63, 3.8) is 0 Å². The number of anilines is 2. The topological polar surface area (TPSA) is 62.3 Å². The van der Waals surface area contributed by atoms with Crippen molar-refractivity contribution in [2.24, 2.45) is 0 Å². The lowest BCUT2D eigenvalue weighted by molar-refractivity contribution is -0.143. The maximum absolute atomic E-state index is 14.8. The summed E-state index contributed by atoms with van der Waals surface area (Å²) in [6, 6.07) is 2.30. The summed E-state index contributed by atoms with van der Waals surface area (Å²) in [5.41, 5.74) is -0.0127. The van der Waals surface area contributed by atoms with Crippen molar-refractivity contribution in [1.82, 2.24) is 5.06 Å². The number of Topliss-reactive ketones (excluding diaryl/α,β-unsaturated/α-hetero) is 1. The second-order valence-electron chi connectivity index (χ2n) is 6.96. The normalized spacial score (nSPS) is 21.0. The lowest BCUT2D eigenvalue weighted by atomic mass is 10.1. The zero-order chi connectivity index (χ0) is 20.3. The van der Waals surface area contributed by atoms with Crippen molar-refractivity contribution >= 4 is 23.3 Å².